The normalized spacial score (nSPS) is 14.5. The highest BCUT2D eigenvalue weighted by Crippen LogP contribution is 2.23. The molecule has 1 aromatic heterocycles. The number of piperidine rings is 1. The Hall–Kier alpha value is -3.68. The number of para-hydroxylation sites is 1. The molecule has 8 nitrogen and oxygen atoms in total. The number of hydrogen-bond donors (Lipinski definition) is 3. The van der Waals surface area contributed by atoms with Crippen LogP contribution >= 0.6 is 0 Å². The molecule has 0 atom stereocenters. The Morgan fingerprint density at radius 1 is 0.967 bits per heavy atom. The minimum Gasteiger partial charge on any atom is -0.337 e. The molecule has 1 aliphatic heterocycles. The molecule has 0 aliphatic carbocycles. The minimum atomic E-state index is -0.153. The molecule has 8 heteroatoms. The molecule has 0 unspecified atom stereocenters. The third kappa shape index (κ3) is 4.17. The number of nitrogens with zero attached hydrogens (tertiary/aromatic N) is 2. The lowest BCUT2D eigenvalue weighted by molar-refractivity contribution is -0.121. The second-order valence-electron chi connectivity index (χ2n) is 7.43. The third-order valence-corrected chi connectivity index (χ3v) is 5.30. The minimum absolute atomic E-state index is 0.0559. The van der Waals surface area contributed by atoms with Crippen molar-refractivity contribution in [2.24, 2.45) is 5.92 Å². The van der Waals surface area contributed by atoms with Gasteiger partial charge in [0.2, 0.25) is 11.8 Å². The van der Waals surface area contributed by atoms with Crippen LogP contribution in [0.3, 0.4) is 0 Å². The summed E-state index contributed by atoms with van der Waals surface area (Å²) in [5, 5.41) is 13.5. The zero-order valence-electron chi connectivity index (χ0n) is 16.6. The number of carbonyl (C=O) groups excluding carboxylic acids is 3. The van der Waals surface area contributed by atoms with Crippen LogP contribution in [-0.4, -0.2) is 45.9 Å². The van der Waals surface area contributed by atoms with Gasteiger partial charge in [0.1, 0.15) is 0 Å². The molecule has 1 aliphatic rings. The SMILES string of the molecule is CC(=O)Nc1ccc(NC(=O)C2CCN(C(=O)c3n[nH]c4ccccc34)CC2)cc1. The Morgan fingerprint density at radius 2 is 1.60 bits per heavy atom. The number of hydrogen-bond acceptors (Lipinski definition) is 4. The standard InChI is InChI=1S/C22H23N5O3/c1-14(28)23-16-6-8-17(9-7-16)24-21(29)15-10-12-27(13-11-15)22(30)20-18-4-2-3-5-19(18)25-26-20/h2-9,15H,10-13H2,1H3,(H,23,28)(H,24,29)(H,25,26). The van der Waals surface area contributed by atoms with Gasteiger partial charge in [-0.25, -0.2) is 0 Å². The summed E-state index contributed by atoms with van der Waals surface area (Å²) in [4.78, 5) is 38.3. The highest BCUT2D eigenvalue weighted by atomic mass is 16.2. The van der Waals surface area contributed by atoms with Gasteiger partial charge in [0.25, 0.3) is 5.91 Å². The molecule has 0 bridgehead atoms. The molecular weight excluding hydrogens is 382 g/mol. The Bertz CT molecular complexity index is 1080. The zero-order valence-corrected chi connectivity index (χ0v) is 16.6. The molecule has 1 saturated heterocycles. The van der Waals surface area contributed by atoms with Crippen LogP contribution in [0.4, 0.5) is 11.4 Å². The van der Waals surface area contributed by atoms with Crippen molar-refractivity contribution in [1.29, 1.82) is 0 Å². The van der Waals surface area contributed by atoms with E-state index in [1.165, 1.54) is 6.92 Å². The number of H-pyrrole nitrogens is 1. The third-order valence-electron chi connectivity index (χ3n) is 5.30. The maximum Gasteiger partial charge on any atom is 0.274 e. The maximum atomic E-state index is 12.9. The summed E-state index contributed by atoms with van der Waals surface area (Å²) >= 11 is 0. The fraction of sp³-hybridized carbons (Fsp3) is 0.273. The Morgan fingerprint density at radius 3 is 2.27 bits per heavy atom. The van der Waals surface area contributed by atoms with Crippen LogP contribution in [-0.2, 0) is 9.59 Å². The van der Waals surface area contributed by atoms with E-state index in [0.717, 1.165) is 10.9 Å². The topological polar surface area (TPSA) is 107 Å². The average Bonchev–Trinajstić information content (AvgIpc) is 3.18. The van der Waals surface area contributed by atoms with E-state index >= 15 is 0 Å². The first-order valence-electron chi connectivity index (χ1n) is 9.92. The zero-order chi connectivity index (χ0) is 21.1. The van der Waals surface area contributed by atoms with Gasteiger partial charge in [-0.2, -0.15) is 5.10 Å². The number of carbonyl (C=O) groups is 3. The summed E-state index contributed by atoms with van der Waals surface area (Å²) in [7, 11) is 0. The Kier molecular flexibility index (Phi) is 5.47. The number of amides is 3. The number of fused-ring (bicyclic) bond motifs is 1. The molecular formula is C22H23N5O3. The van der Waals surface area contributed by atoms with E-state index in [1.807, 2.05) is 24.3 Å². The van der Waals surface area contributed by atoms with Crippen molar-refractivity contribution in [3.05, 3.63) is 54.2 Å². The monoisotopic (exact) mass is 405 g/mol. The van der Waals surface area contributed by atoms with Crippen molar-refractivity contribution < 1.29 is 14.4 Å². The number of rotatable bonds is 4. The molecule has 0 saturated carbocycles. The summed E-state index contributed by atoms with van der Waals surface area (Å²) < 4.78 is 0. The van der Waals surface area contributed by atoms with Crippen LogP contribution in [0, 0.1) is 5.92 Å². The van der Waals surface area contributed by atoms with Gasteiger partial charge < -0.3 is 15.5 Å². The summed E-state index contributed by atoms with van der Waals surface area (Å²) in [6.45, 7) is 2.47. The van der Waals surface area contributed by atoms with Gasteiger partial charge in [0.15, 0.2) is 5.69 Å². The maximum absolute atomic E-state index is 12.9. The van der Waals surface area contributed by atoms with Gasteiger partial charge in [-0.3, -0.25) is 19.5 Å². The number of anilines is 2. The highest BCUT2D eigenvalue weighted by Gasteiger charge is 2.29. The molecule has 3 aromatic rings. The van der Waals surface area contributed by atoms with E-state index in [2.05, 4.69) is 20.8 Å². The lowest BCUT2D eigenvalue weighted by Crippen LogP contribution is -2.41. The number of aromatic amines is 1. The van der Waals surface area contributed by atoms with Gasteiger partial charge in [0, 0.05) is 42.7 Å². The van der Waals surface area contributed by atoms with Gasteiger partial charge in [-0.05, 0) is 43.2 Å². The molecule has 3 N–H and O–H groups in total. The molecule has 4 rings (SSSR count). The van der Waals surface area contributed by atoms with Crippen molar-refractivity contribution in [2.75, 3.05) is 23.7 Å². The van der Waals surface area contributed by atoms with Crippen LogP contribution in [0.2, 0.25) is 0 Å². The predicted molar refractivity (Wildman–Crippen MR) is 114 cm³/mol. The van der Waals surface area contributed by atoms with Crippen molar-refractivity contribution in [2.45, 2.75) is 19.8 Å². The largest absolute Gasteiger partial charge is 0.337 e. The summed E-state index contributed by atoms with van der Waals surface area (Å²) in [5.74, 6) is -0.463. The molecule has 0 radical (unpaired) electrons. The lowest BCUT2D eigenvalue weighted by Gasteiger charge is -2.31. The second kappa shape index (κ2) is 8.36. The molecule has 0 spiro atoms. The van der Waals surface area contributed by atoms with Crippen LogP contribution in [0.5, 0.6) is 0 Å². The van der Waals surface area contributed by atoms with Crippen LogP contribution in [0.15, 0.2) is 48.5 Å². The Labute approximate surface area is 173 Å². The van der Waals surface area contributed by atoms with E-state index < -0.39 is 0 Å². The van der Waals surface area contributed by atoms with Crippen LogP contribution in [0.1, 0.15) is 30.3 Å². The molecule has 154 valence electrons. The summed E-state index contributed by atoms with van der Waals surface area (Å²) in [6.07, 6.45) is 1.20. The van der Waals surface area contributed by atoms with Crippen molar-refractivity contribution >= 4 is 40.0 Å². The van der Waals surface area contributed by atoms with Crippen LogP contribution in [0.25, 0.3) is 10.9 Å². The van der Waals surface area contributed by atoms with Crippen molar-refractivity contribution in [3.8, 4) is 0 Å². The quantitative estimate of drug-likeness (QED) is 0.620. The first-order chi connectivity index (χ1) is 14.5. The number of aromatic nitrogens is 2. The van der Waals surface area contributed by atoms with Gasteiger partial charge in [-0.1, -0.05) is 18.2 Å². The van der Waals surface area contributed by atoms with E-state index in [1.54, 1.807) is 29.2 Å². The number of benzene rings is 2. The molecule has 3 amide bonds. The average molecular weight is 405 g/mol. The summed E-state index contributed by atoms with van der Waals surface area (Å²) in [6, 6.07) is 14.5. The first-order valence-corrected chi connectivity index (χ1v) is 9.92. The van der Waals surface area contributed by atoms with Crippen molar-refractivity contribution in [3.63, 3.8) is 0 Å². The fourth-order valence-electron chi connectivity index (χ4n) is 3.71. The smallest absolute Gasteiger partial charge is 0.274 e. The molecule has 1 fully saturated rings. The molecule has 2 aromatic carbocycles. The fourth-order valence-corrected chi connectivity index (χ4v) is 3.71. The van der Waals surface area contributed by atoms with E-state index in [-0.39, 0.29) is 23.6 Å². The summed E-state index contributed by atoms with van der Waals surface area (Å²) in [5.41, 5.74) is 2.61. The van der Waals surface area contributed by atoms with E-state index in [9.17, 15) is 14.4 Å². The number of nitrogens with one attached hydrogen (secondary N) is 3. The van der Waals surface area contributed by atoms with Gasteiger partial charge >= 0.3 is 0 Å². The predicted octanol–water partition coefficient (Wildman–Crippen LogP) is 3.01. The molecule has 30 heavy (non-hydrogen) atoms. The van der Waals surface area contributed by atoms with Gasteiger partial charge in [-0.15, -0.1) is 0 Å². The van der Waals surface area contributed by atoms with Gasteiger partial charge in [0.05, 0.1) is 5.52 Å². The lowest BCUT2D eigenvalue weighted by atomic mass is 9.95. The highest BCUT2D eigenvalue weighted by molar-refractivity contribution is 6.04. The first kappa shape index (κ1) is 19.6. The van der Waals surface area contributed by atoms with Crippen LogP contribution < -0.4 is 10.6 Å². The van der Waals surface area contributed by atoms with E-state index in [0.29, 0.717) is 43.0 Å². The Balaban J connectivity index is 1.33. The van der Waals surface area contributed by atoms with E-state index in [4.69, 9.17) is 0 Å². The molecule has 2 heterocycles. The number of likely N-dealkylation sites (tertiary alicyclic amines) is 1. The second-order valence-corrected chi connectivity index (χ2v) is 7.43. The van der Waals surface area contributed by atoms with Crippen molar-refractivity contribution in [1.82, 2.24) is 15.1 Å².